The van der Waals surface area contributed by atoms with Crippen molar-refractivity contribution in [3.05, 3.63) is 28.8 Å². The molecular weight excluding hydrogens is 260 g/mol. The maximum Gasteiger partial charge on any atom is 0.224 e. The summed E-state index contributed by atoms with van der Waals surface area (Å²) in [4.78, 5) is 11.9. The standard InChI is InChI=1S/C15H21ClN2O/c1-11-5-6-13(10-14(11)16)18-15(19)8-7-12-4-2-3-9-17-12/h5-6,10,12,17H,2-4,7-9H2,1H3,(H,18,19). The molecule has 0 saturated carbocycles. The second kappa shape index (κ2) is 6.92. The molecule has 0 aliphatic carbocycles. The lowest BCUT2D eigenvalue weighted by atomic mass is 10.0. The van der Waals surface area contributed by atoms with Gasteiger partial charge in [-0.25, -0.2) is 0 Å². The maximum atomic E-state index is 11.9. The van der Waals surface area contributed by atoms with Crippen LogP contribution in [0.3, 0.4) is 0 Å². The van der Waals surface area contributed by atoms with Gasteiger partial charge in [0.05, 0.1) is 0 Å². The maximum absolute atomic E-state index is 11.9. The number of benzene rings is 1. The third-order valence-corrected chi connectivity index (χ3v) is 4.00. The molecule has 1 unspecified atom stereocenters. The predicted molar refractivity (Wildman–Crippen MR) is 79.7 cm³/mol. The molecule has 1 saturated heterocycles. The van der Waals surface area contributed by atoms with E-state index in [1.54, 1.807) is 6.07 Å². The van der Waals surface area contributed by atoms with Gasteiger partial charge in [0.15, 0.2) is 0 Å². The Labute approximate surface area is 119 Å². The van der Waals surface area contributed by atoms with Crippen LogP contribution in [0.15, 0.2) is 18.2 Å². The van der Waals surface area contributed by atoms with Crippen molar-refractivity contribution < 1.29 is 4.79 Å². The highest BCUT2D eigenvalue weighted by atomic mass is 35.5. The average molecular weight is 281 g/mol. The molecule has 19 heavy (non-hydrogen) atoms. The number of hydrogen-bond acceptors (Lipinski definition) is 2. The van der Waals surface area contributed by atoms with Crippen molar-refractivity contribution in [2.24, 2.45) is 0 Å². The molecule has 1 aromatic carbocycles. The molecule has 1 atom stereocenters. The van der Waals surface area contributed by atoms with Crippen molar-refractivity contribution in [1.29, 1.82) is 0 Å². The van der Waals surface area contributed by atoms with Crippen LogP contribution < -0.4 is 10.6 Å². The number of carbonyl (C=O) groups excluding carboxylic acids is 1. The van der Waals surface area contributed by atoms with E-state index < -0.39 is 0 Å². The molecule has 2 N–H and O–H groups in total. The number of halogens is 1. The van der Waals surface area contributed by atoms with Gasteiger partial charge in [-0.3, -0.25) is 4.79 Å². The molecule has 1 aromatic rings. The summed E-state index contributed by atoms with van der Waals surface area (Å²) in [6.07, 6.45) is 5.18. The van der Waals surface area contributed by atoms with Crippen LogP contribution >= 0.6 is 11.6 Å². The number of anilines is 1. The third-order valence-electron chi connectivity index (χ3n) is 3.59. The van der Waals surface area contributed by atoms with E-state index in [-0.39, 0.29) is 5.91 Å². The Hall–Kier alpha value is -1.06. The molecule has 2 rings (SSSR count). The number of rotatable bonds is 4. The number of carbonyl (C=O) groups is 1. The lowest BCUT2D eigenvalue weighted by molar-refractivity contribution is -0.116. The van der Waals surface area contributed by atoms with Crippen LogP contribution in [-0.2, 0) is 4.79 Å². The molecular formula is C15H21ClN2O. The Balaban J connectivity index is 1.78. The lowest BCUT2D eigenvalue weighted by Crippen LogP contribution is -2.34. The molecule has 4 heteroatoms. The molecule has 104 valence electrons. The van der Waals surface area contributed by atoms with E-state index in [9.17, 15) is 4.79 Å². The smallest absolute Gasteiger partial charge is 0.224 e. The van der Waals surface area contributed by atoms with Crippen LogP contribution in [0.4, 0.5) is 5.69 Å². The monoisotopic (exact) mass is 280 g/mol. The van der Waals surface area contributed by atoms with Crippen LogP contribution in [0.2, 0.25) is 5.02 Å². The van der Waals surface area contributed by atoms with Crippen molar-refractivity contribution in [3.63, 3.8) is 0 Å². The summed E-state index contributed by atoms with van der Waals surface area (Å²) in [7, 11) is 0. The molecule has 1 aliphatic heterocycles. The molecule has 0 spiro atoms. The molecule has 1 amide bonds. The second-order valence-electron chi connectivity index (χ2n) is 5.20. The summed E-state index contributed by atoms with van der Waals surface area (Å²) in [6, 6.07) is 6.10. The summed E-state index contributed by atoms with van der Waals surface area (Å²) in [5, 5.41) is 7.04. The van der Waals surface area contributed by atoms with E-state index in [0.29, 0.717) is 17.5 Å². The van der Waals surface area contributed by atoms with Crippen LogP contribution in [0, 0.1) is 6.92 Å². The Bertz CT molecular complexity index is 442. The van der Waals surface area contributed by atoms with Gasteiger partial charge < -0.3 is 10.6 Å². The van der Waals surface area contributed by atoms with E-state index >= 15 is 0 Å². The SMILES string of the molecule is Cc1ccc(NC(=O)CCC2CCCCN2)cc1Cl. The first-order chi connectivity index (χ1) is 9.15. The fourth-order valence-electron chi connectivity index (χ4n) is 2.37. The van der Waals surface area contributed by atoms with Gasteiger partial charge in [-0.1, -0.05) is 24.1 Å². The van der Waals surface area contributed by atoms with Gasteiger partial charge in [-0.15, -0.1) is 0 Å². The lowest BCUT2D eigenvalue weighted by Gasteiger charge is -2.23. The number of nitrogens with one attached hydrogen (secondary N) is 2. The Morgan fingerprint density at radius 1 is 1.47 bits per heavy atom. The highest BCUT2D eigenvalue weighted by Gasteiger charge is 2.14. The minimum Gasteiger partial charge on any atom is -0.326 e. The molecule has 1 heterocycles. The first-order valence-electron chi connectivity index (χ1n) is 6.94. The predicted octanol–water partition coefficient (Wildman–Crippen LogP) is 3.51. The van der Waals surface area contributed by atoms with Gasteiger partial charge in [0.1, 0.15) is 0 Å². The van der Waals surface area contributed by atoms with Crippen LogP contribution in [-0.4, -0.2) is 18.5 Å². The van der Waals surface area contributed by atoms with Crippen LogP contribution in [0.1, 0.15) is 37.7 Å². The Morgan fingerprint density at radius 3 is 3.00 bits per heavy atom. The Kier molecular flexibility index (Phi) is 5.23. The zero-order chi connectivity index (χ0) is 13.7. The van der Waals surface area contributed by atoms with Gasteiger partial charge in [0.25, 0.3) is 0 Å². The number of hydrogen-bond donors (Lipinski definition) is 2. The van der Waals surface area contributed by atoms with E-state index in [4.69, 9.17) is 11.6 Å². The van der Waals surface area contributed by atoms with Crippen molar-refractivity contribution in [1.82, 2.24) is 5.32 Å². The number of amides is 1. The first kappa shape index (κ1) is 14.4. The summed E-state index contributed by atoms with van der Waals surface area (Å²) in [5.74, 6) is 0.0623. The first-order valence-corrected chi connectivity index (χ1v) is 7.32. The van der Waals surface area contributed by atoms with Crippen molar-refractivity contribution in [2.75, 3.05) is 11.9 Å². The van der Waals surface area contributed by atoms with Crippen LogP contribution in [0.5, 0.6) is 0 Å². The zero-order valence-electron chi connectivity index (χ0n) is 11.3. The summed E-state index contributed by atoms with van der Waals surface area (Å²) in [6.45, 7) is 3.03. The fourth-order valence-corrected chi connectivity index (χ4v) is 2.55. The molecule has 3 nitrogen and oxygen atoms in total. The topological polar surface area (TPSA) is 41.1 Å². The second-order valence-corrected chi connectivity index (χ2v) is 5.60. The summed E-state index contributed by atoms with van der Waals surface area (Å²) < 4.78 is 0. The molecule has 1 fully saturated rings. The fraction of sp³-hybridized carbons (Fsp3) is 0.533. The highest BCUT2D eigenvalue weighted by Crippen LogP contribution is 2.20. The largest absolute Gasteiger partial charge is 0.326 e. The van der Waals surface area contributed by atoms with Gasteiger partial charge in [0.2, 0.25) is 5.91 Å². The van der Waals surface area contributed by atoms with E-state index in [1.807, 2.05) is 19.1 Å². The third kappa shape index (κ3) is 4.51. The van der Waals surface area contributed by atoms with Crippen LogP contribution in [0.25, 0.3) is 0 Å². The van der Waals surface area contributed by atoms with E-state index in [2.05, 4.69) is 10.6 Å². The quantitative estimate of drug-likeness (QED) is 0.886. The minimum atomic E-state index is 0.0623. The minimum absolute atomic E-state index is 0.0623. The molecule has 1 aliphatic rings. The normalized spacial score (nSPS) is 19.2. The van der Waals surface area contributed by atoms with E-state index in [0.717, 1.165) is 24.2 Å². The van der Waals surface area contributed by atoms with Gasteiger partial charge >= 0.3 is 0 Å². The summed E-state index contributed by atoms with van der Waals surface area (Å²) in [5.41, 5.74) is 1.79. The van der Waals surface area contributed by atoms with Crippen molar-refractivity contribution >= 4 is 23.2 Å². The highest BCUT2D eigenvalue weighted by molar-refractivity contribution is 6.31. The summed E-state index contributed by atoms with van der Waals surface area (Å²) >= 11 is 6.03. The molecule has 0 bridgehead atoms. The zero-order valence-corrected chi connectivity index (χ0v) is 12.1. The number of piperidine rings is 1. The van der Waals surface area contributed by atoms with Crippen molar-refractivity contribution in [3.8, 4) is 0 Å². The molecule has 0 radical (unpaired) electrons. The van der Waals surface area contributed by atoms with Gasteiger partial charge in [-0.05, 0) is 50.4 Å². The van der Waals surface area contributed by atoms with E-state index in [1.165, 1.54) is 19.3 Å². The van der Waals surface area contributed by atoms with Crippen molar-refractivity contribution in [2.45, 2.75) is 45.1 Å². The van der Waals surface area contributed by atoms with Gasteiger partial charge in [-0.2, -0.15) is 0 Å². The van der Waals surface area contributed by atoms with Gasteiger partial charge in [0, 0.05) is 23.2 Å². The Morgan fingerprint density at radius 2 is 2.32 bits per heavy atom. The average Bonchev–Trinajstić information content (AvgIpc) is 2.42. The molecule has 0 aromatic heterocycles. The number of aryl methyl sites for hydroxylation is 1.